The monoisotopic (exact) mass is 231 g/mol. The molecule has 17 heavy (non-hydrogen) atoms. The van der Waals surface area contributed by atoms with Gasteiger partial charge in [-0.25, -0.2) is 0 Å². The van der Waals surface area contributed by atoms with Crippen LogP contribution >= 0.6 is 0 Å². The van der Waals surface area contributed by atoms with Crippen LogP contribution < -0.4 is 10.5 Å². The second-order valence-corrected chi connectivity index (χ2v) is 4.24. The Kier molecular flexibility index (Phi) is 6.21. The summed E-state index contributed by atoms with van der Waals surface area (Å²) < 4.78 is 5.62. The summed E-state index contributed by atoms with van der Waals surface area (Å²) in [6.07, 6.45) is 3.23. The van der Waals surface area contributed by atoms with E-state index >= 15 is 0 Å². The first-order chi connectivity index (χ1) is 8.22. The Hall–Kier alpha value is -1.46. The van der Waals surface area contributed by atoms with Crippen LogP contribution in [0.3, 0.4) is 0 Å². The maximum absolute atomic E-state index is 5.62. The number of hydrogen-bond donors (Lipinski definition) is 1. The molecule has 0 aliphatic rings. The van der Waals surface area contributed by atoms with E-state index in [0.29, 0.717) is 0 Å². The van der Waals surface area contributed by atoms with Crippen LogP contribution in [0.25, 0.3) is 0 Å². The fourth-order valence-electron chi connectivity index (χ4n) is 1.44. The summed E-state index contributed by atoms with van der Waals surface area (Å²) in [6, 6.07) is 7.92. The van der Waals surface area contributed by atoms with Crippen LogP contribution in [0.15, 0.2) is 24.3 Å². The van der Waals surface area contributed by atoms with Gasteiger partial charge in [-0.1, -0.05) is 17.9 Å². The van der Waals surface area contributed by atoms with Gasteiger partial charge in [-0.15, -0.1) is 0 Å². The van der Waals surface area contributed by atoms with Crippen molar-refractivity contribution in [3.8, 4) is 17.6 Å². The van der Waals surface area contributed by atoms with Crippen molar-refractivity contribution in [3.63, 3.8) is 0 Å². The lowest BCUT2D eigenvalue weighted by Gasteiger charge is -2.09. The molecule has 0 unspecified atom stereocenters. The summed E-state index contributed by atoms with van der Waals surface area (Å²) in [5.41, 5.74) is 6.43. The Balaban J connectivity index is 2.53. The second kappa shape index (κ2) is 7.76. The summed E-state index contributed by atoms with van der Waals surface area (Å²) in [5.74, 6) is 7.19. The molecule has 0 aromatic heterocycles. The van der Waals surface area contributed by atoms with Gasteiger partial charge in [0.05, 0.1) is 6.10 Å². The minimum Gasteiger partial charge on any atom is -0.491 e. The van der Waals surface area contributed by atoms with E-state index in [-0.39, 0.29) is 6.10 Å². The first kappa shape index (κ1) is 13.6. The lowest BCUT2D eigenvalue weighted by molar-refractivity contribution is 0.242. The molecule has 0 bridgehead atoms. The predicted octanol–water partition coefficient (Wildman–Crippen LogP) is 2.95. The molecule has 1 aromatic rings. The Morgan fingerprint density at radius 1 is 1.29 bits per heavy atom. The molecule has 2 N–H and O–H groups in total. The van der Waals surface area contributed by atoms with Gasteiger partial charge in [0.25, 0.3) is 0 Å². The van der Waals surface area contributed by atoms with Crippen LogP contribution in [0.4, 0.5) is 0 Å². The summed E-state index contributed by atoms with van der Waals surface area (Å²) >= 11 is 0. The minimum absolute atomic E-state index is 0.197. The van der Waals surface area contributed by atoms with Gasteiger partial charge in [0.2, 0.25) is 0 Å². The Labute approximate surface area is 104 Å². The van der Waals surface area contributed by atoms with Crippen LogP contribution in [-0.4, -0.2) is 12.6 Å². The smallest absolute Gasteiger partial charge is 0.120 e. The van der Waals surface area contributed by atoms with Crippen LogP contribution in [0.2, 0.25) is 0 Å². The molecule has 0 aliphatic carbocycles. The van der Waals surface area contributed by atoms with E-state index < -0.39 is 0 Å². The number of rotatable bonds is 5. The molecule has 0 saturated heterocycles. The quantitative estimate of drug-likeness (QED) is 0.624. The number of ether oxygens (including phenoxy) is 1. The molecular formula is C15H21NO. The van der Waals surface area contributed by atoms with Gasteiger partial charge in [0, 0.05) is 12.0 Å². The largest absolute Gasteiger partial charge is 0.491 e. The molecule has 1 rings (SSSR count). The lowest BCUT2D eigenvalue weighted by Crippen LogP contribution is -2.05. The third kappa shape index (κ3) is 5.99. The van der Waals surface area contributed by atoms with Crippen molar-refractivity contribution in [2.24, 2.45) is 5.73 Å². The highest BCUT2D eigenvalue weighted by atomic mass is 16.5. The lowest BCUT2D eigenvalue weighted by atomic mass is 10.2. The van der Waals surface area contributed by atoms with Gasteiger partial charge in [0.1, 0.15) is 5.75 Å². The predicted molar refractivity (Wildman–Crippen MR) is 72.0 cm³/mol. The molecule has 0 spiro atoms. The highest BCUT2D eigenvalue weighted by Gasteiger charge is 1.97. The van der Waals surface area contributed by atoms with Crippen molar-refractivity contribution >= 4 is 0 Å². The Bertz CT molecular complexity index is 387. The van der Waals surface area contributed by atoms with Crippen LogP contribution in [0, 0.1) is 11.8 Å². The van der Waals surface area contributed by atoms with Crippen LogP contribution in [-0.2, 0) is 0 Å². The van der Waals surface area contributed by atoms with E-state index in [0.717, 1.165) is 37.1 Å². The van der Waals surface area contributed by atoms with Crippen molar-refractivity contribution in [2.75, 3.05) is 6.54 Å². The Morgan fingerprint density at radius 3 is 2.82 bits per heavy atom. The molecule has 2 heteroatoms. The topological polar surface area (TPSA) is 35.2 Å². The third-order valence-corrected chi connectivity index (χ3v) is 2.19. The van der Waals surface area contributed by atoms with Crippen molar-refractivity contribution in [1.29, 1.82) is 0 Å². The van der Waals surface area contributed by atoms with Crippen LogP contribution in [0.5, 0.6) is 5.75 Å². The number of hydrogen-bond acceptors (Lipinski definition) is 2. The first-order valence-corrected chi connectivity index (χ1v) is 6.18. The highest BCUT2D eigenvalue weighted by molar-refractivity contribution is 5.39. The molecule has 0 atom stereocenters. The standard InChI is InChI=1S/C15H21NO/c1-13(2)17-15-10-7-9-14(12-15)8-5-3-4-6-11-16/h7,9-10,12-13H,3-4,6,11,16H2,1-2H3. The third-order valence-electron chi connectivity index (χ3n) is 2.19. The molecule has 0 heterocycles. The van der Waals surface area contributed by atoms with Gasteiger partial charge < -0.3 is 10.5 Å². The van der Waals surface area contributed by atoms with Crippen molar-refractivity contribution in [2.45, 2.75) is 39.2 Å². The Morgan fingerprint density at radius 2 is 2.12 bits per heavy atom. The molecule has 1 aromatic carbocycles. The average molecular weight is 231 g/mol. The molecule has 0 amide bonds. The van der Waals surface area contributed by atoms with Crippen molar-refractivity contribution < 1.29 is 4.74 Å². The van der Waals surface area contributed by atoms with Crippen molar-refractivity contribution in [1.82, 2.24) is 0 Å². The van der Waals surface area contributed by atoms with E-state index in [1.54, 1.807) is 0 Å². The number of nitrogens with two attached hydrogens (primary N) is 1. The fraction of sp³-hybridized carbons (Fsp3) is 0.467. The zero-order valence-electron chi connectivity index (χ0n) is 10.7. The molecule has 0 radical (unpaired) electrons. The van der Waals surface area contributed by atoms with Gasteiger partial charge in [-0.2, -0.15) is 0 Å². The summed E-state index contributed by atoms with van der Waals surface area (Å²) in [5, 5.41) is 0. The normalized spacial score (nSPS) is 9.88. The minimum atomic E-state index is 0.197. The zero-order valence-corrected chi connectivity index (χ0v) is 10.7. The van der Waals surface area contributed by atoms with Gasteiger partial charge in [-0.05, 0) is 51.4 Å². The maximum Gasteiger partial charge on any atom is 0.120 e. The first-order valence-electron chi connectivity index (χ1n) is 6.18. The maximum atomic E-state index is 5.62. The van der Waals surface area contributed by atoms with Gasteiger partial charge >= 0.3 is 0 Å². The SMILES string of the molecule is CC(C)Oc1cccc(C#CCCCCN)c1. The molecule has 0 saturated carbocycles. The number of unbranched alkanes of at least 4 members (excludes halogenated alkanes) is 2. The van der Waals surface area contributed by atoms with Crippen molar-refractivity contribution in [3.05, 3.63) is 29.8 Å². The zero-order chi connectivity index (χ0) is 12.5. The molecular weight excluding hydrogens is 210 g/mol. The number of benzene rings is 1. The molecule has 0 aliphatic heterocycles. The van der Waals surface area contributed by atoms with E-state index in [2.05, 4.69) is 11.8 Å². The average Bonchev–Trinajstić information content (AvgIpc) is 2.28. The van der Waals surface area contributed by atoms with Gasteiger partial charge in [0.15, 0.2) is 0 Å². The van der Waals surface area contributed by atoms with Gasteiger partial charge in [-0.3, -0.25) is 0 Å². The molecule has 0 fully saturated rings. The summed E-state index contributed by atoms with van der Waals surface area (Å²) in [7, 11) is 0. The van der Waals surface area contributed by atoms with E-state index in [4.69, 9.17) is 10.5 Å². The fourth-order valence-corrected chi connectivity index (χ4v) is 1.44. The highest BCUT2D eigenvalue weighted by Crippen LogP contribution is 2.14. The second-order valence-electron chi connectivity index (χ2n) is 4.24. The molecule has 92 valence electrons. The summed E-state index contributed by atoms with van der Waals surface area (Å²) in [4.78, 5) is 0. The summed E-state index contributed by atoms with van der Waals surface area (Å²) in [6.45, 7) is 4.79. The van der Waals surface area contributed by atoms with E-state index in [9.17, 15) is 0 Å². The molecule has 2 nitrogen and oxygen atoms in total. The van der Waals surface area contributed by atoms with E-state index in [1.165, 1.54) is 0 Å². The van der Waals surface area contributed by atoms with Crippen LogP contribution in [0.1, 0.15) is 38.7 Å². The van der Waals surface area contributed by atoms with E-state index in [1.807, 2.05) is 38.1 Å².